The van der Waals surface area contributed by atoms with Gasteiger partial charge in [0, 0.05) is 36.8 Å². The number of nitrogens with one attached hydrogen (secondary N) is 6. The number of rotatable bonds is 31. The molecule has 0 aliphatic carbocycles. The largest absolute Gasteiger partial charge is 0.493 e. The minimum absolute atomic E-state index is 0.0184. The van der Waals surface area contributed by atoms with Crippen molar-refractivity contribution in [3.8, 4) is 23.0 Å². The van der Waals surface area contributed by atoms with Crippen LogP contribution in [0.5, 0.6) is 23.0 Å². The van der Waals surface area contributed by atoms with Crippen LogP contribution in [0.15, 0.2) is 97.4 Å². The molecule has 3 aromatic carbocycles. The molecular formula is C57H75N7O16. The first-order valence-corrected chi connectivity index (χ1v) is 26.0. The van der Waals surface area contributed by atoms with Gasteiger partial charge in [0.05, 0.1) is 62.6 Å². The number of amides is 7. The highest BCUT2D eigenvalue weighted by molar-refractivity contribution is 6.05. The molecule has 0 saturated carbocycles. The molecule has 0 spiro atoms. The van der Waals surface area contributed by atoms with E-state index in [0.717, 1.165) is 11.1 Å². The van der Waals surface area contributed by atoms with Gasteiger partial charge < -0.3 is 69.5 Å². The molecule has 23 nitrogen and oxygen atoms in total. The number of anilines is 3. The number of allylic oxidation sites excluding steroid dienone is 1. The number of ether oxygens (including phenoxy) is 7. The van der Waals surface area contributed by atoms with E-state index >= 15 is 0 Å². The summed E-state index contributed by atoms with van der Waals surface area (Å²) in [5.74, 6) is -1.57. The van der Waals surface area contributed by atoms with Crippen LogP contribution in [0.25, 0.3) is 0 Å². The summed E-state index contributed by atoms with van der Waals surface area (Å²) in [5, 5.41) is 35.0. The lowest BCUT2D eigenvalue weighted by atomic mass is 10.0. The lowest BCUT2D eigenvalue weighted by Gasteiger charge is -2.24. The van der Waals surface area contributed by atoms with Crippen molar-refractivity contribution in [2.45, 2.75) is 97.9 Å². The van der Waals surface area contributed by atoms with E-state index in [4.69, 9.17) is 33.2 Å². The molecule has 3 atom stereocenters. The van der Waals surface area contributed by atoms with Gasteiger partial charge in [-0.25, -0.2) is 14.4 Å². The molecule has 0 fully saturated rings. The first-order chi connectivity index (χ1) is 38.4. The van der Waals surface area contributed by atoms with Gasteiger partial charge in [0.25, 0.3) is 11.8 Å². The van der Waals surface area contributed by atoms with Crippen LogP contribution >= 0.6 is 0 Å². The van der Waals surface area contributed by atoms with Gasteiger partial charge in [0.15, 0.2) is 23.0 Å². The van der Waals surface area contributed by atoms with E-state index in [2.05, 4.69) is 45.1 Å². The third-order valence-electron chi connectivity index (χ3n) is 12.0. The van der Waals surface area contributed by atoms with Gasteiger partial charge in [0.1, 0.15) is 31.9 Å². The Morgan fingerprint density at radius 1 is 0.713 bits per heavy atom. The van der Waals surface area contributed by atoms with Gasteiger partial charge in [-0.15, -0.1) is 0 Å². The van der Waals surface area contributed by atoms with Gasteiger partial charge in [0.2, 0.25) is 11.8 Å². The minimum Gasteiger partial charge on any atom is -0.493 e. The summed E-state index contributed by atoms with van der Waals surface area (Å²) in [5.41, 5.74) is 2.92. The molecular weight excluding hydrogens is 1040 g/mol. The van der Waals surface area contributed by atoms with Gasteiger partial charge in [-0.05, 0) is 95.0 Å². The smallest absolute Gasteiger partial charge is 0.411 e. The molecule has 434 valence electrons. The summed E-state index contributed by atoms with van der Waals surface area (Å²) < 4.78 is 39.0. The van der Waals surface area contributed by atoms with Crippen molar-refractivity contribution in [2.75, 3.05) is 69.8 Å². The normalized spacial score (nSPS) is 13.6. The summed E-state index contributed by atoms with van der Waals surface area (Å²) in [6.07, 6.45) is 6.67. The van der Waals surface area contributed by atoms with Crippen LogP contribution in [0.4, 0.5) is 31.4 Å². The quantitative estimate of drug-likeness (QED) is 0.0174. The van der Waals surface area contributed by atoms with Crippen molar-refractivity contribution >= 4 is 59.0 Å². The van der Waals surface area contributed by atoms with Crippen molar-refractivity contribution in [1.29, 1.82) is 0 Å². The Balaban J connectivity index is 1.40. The highest BCUT2D eigenvalue weighted by Gasteiger charge is 2.32. The van der Waals surface area contributed by atoms with Gasteiger partial charge in [-0.1, -0.05) is 62.4 Å². The summed E-state index contributed by atoms with van der Waals surface area (Å²) in [4.78, 5) is 92.9. The van der Waals surface area contributed by atoms with E-state index in [9.17, 15) is 43.8 Å². The fourth-order valence-electron chi connectivity index (χ4n) is 7.78. The van der Waals surface area contributed by atoms with Crippen LogP contribution in [-0.2, 0) is 30.4 Å². The number of methoxy groups -OCH3 is 2. The number of aliphatic hydroxyl groups excluding tert-OH is 2. The lowest BCUT2D eigenvalue weighted by Crippen LogP contribution is -2.53. The summed E-state index contributed by atoms with van der Waals surface area (Å²) in [6, 6.07) is 9.80. The lowest BCUT2D eigenvalue weighted by molar-refractivity contribution is -0.128. The Morgan fingerprint density at radius 3 is 1.85 bits per heavy atom. The molecule has 3 aromatic rings. The minimum atomic E-state index is -0.981. The second kappa shape index (κ2) is 33.0. The molecule has 80 heavy (non-hydrogen) atoms. The number of hydrogen-bond acceptors (Lipinski definition) is 16. The van der Waals surface area contributed by atoms with E-state index in [1.54, 1.807) is 51.2 Å². The average Bonchev–Trinajstić information content (AvgIpc) is 3.84. The second-order valence-electron chi connectivity index (χ2n) is 18.8. The molecule has 0 unspecified atom stereocenters. The number of carbonyl (C=O) groups excluding carboxylic acids is 7. The maximum Gasteiger partial charge on any atom is 0.411 e. The number of aliphatic hydroxyl groups is 2. The van der Waals surface area contributed by atoms with Crippen LogP contribution in [-0.4, -0.2) is 129 Å². The number of benzene rings is 3. The first kappa shape index (κ1) is 64.0. The summed E-state index contributed by atoms with van der Waals surface area (Å²) >= 11 is 0. The van der Waals surface area contributed by atoms with Crippen LogP contribution in [0.1, 0.15) is 99.4 Å². The molecule has 0 radical (unpaired) electrons. The van der Waals surface area contributed by atoms with E-state index in [1.807, 2.05) is 6.92 Å². The fourth-order valence-corrected chi connectivity index (χ4v) is 7.78. The topological polar surface area (TPSA) is 300 Å². The SMILES string of the molecule is C=CCOC(=O)Nc1cc(OCCCCCOc2cc(NC(=O)OCc3ccc(NC(=O)[C@@H](C)NC(=O)[C@H](NC(=O)OCC=C)C(C)C)cc3)c(C(=O)N/C=C(/C)CCCO)cc2OC)c(OC)cc1C(=O)N1C=C(C)C[C@H]1CO. The van der Waals surface area contributed by atoms with Crippen molar-refractivity contribution < 1.29 is 76.9 Å². The Labute approximate surface area is 466 Å². The molecule has 0 bridgehead atoms. The van der Waals surface area contributed by atoms with Gasteiger partial charge in [-0.3, -0.25) is 29.8 Å². The van der Waals surface area contributed by atoms with Crippen molar-refractivity contribution in [3.63, 3.8) is 0 Å². The predicted octanol–water partition coefficient (Wildman–Crippen LogP) is 7.71. The number of carbonyl (C=O) groups is 7. The highest BCUT2D eigenvalue weighted by atomic mass is 16.6. The Bertz CT molecular complexity index is 2710. The van der Waals surface area contributed by atoms with Crippen LogP contribution in [0.2, 0.25) is 0 Å². The van der Waals surface area contributed by atoms with Crippen LogP contribution in [0, 0.1) is 5.92 Å². The molecule has 1 aliphatic rings. The molecule has 1 aliphatic heterocycles. The molecule has 0 aromatic heterocycles. The van der Waals surface area contributed by atoms with Crippen LogP contribution in [0.3, 0.4) is 0 Å². The average molecular weight is 1110 g/mol. The zero-order chi connectivity index (χ0) is 58.7. The van der Waals surface area contributed by atoms with E-state index < -0.39 is 60.0 Å². The number of unbranched alkanes of at least 4 members (excludes halogenated alkanes) is 2. The molecule has 0 saturated heterocycles. The molecule has 8 N–H and O–H groups in total. The molecule has 7 amide bonds. The van der Waals surface area contributed by atoms with Gasteiger partial charge in [-0.2, -0.15) is 0 Å². The van der Waals surface area contributed by atoms with Gasteiger partial charge >= 0.3 is 18.3 Å². The van der Waals surface area contributed by atoms with E-state index in [-0.39, 0.29) is 97.7 Å². The summed E-state index contributed by atoms with van der Waals surface area (Å²) in [7, 11) is 2.83. The third kappa shape index (κ3) is 20.0. The first-order valence-electron chi connectivity index (χ1n) is 26.0. The number of nitrogens with zero attached hydrogens (tertiary/aromatic N) is 1. The van der Waals surface area contributed by atoms with Crippen molar-refractivity contribution in [2.24, 2.45) is 5.92 Å². The number of hydrogen-bond donors (Lipinski definition) is 8. The van der Waals surface area contributed by atoms with E-state index in [1.165, 1.54) is 68.7 Å². The Morgan fingerprint density at radius 2 is 1.29 bits per heavy atom. The maximum absolute atomic E-state index is 13.8. The van der Waals surface area contributed by atoms with Crippen molar-refractivity contribution in [1.82, 2.24) is 20.9 Å². The summed E-state index contributed by atoms with van der Waals surface area (Å²) in [6.45, 7) is 15.5. The zero-order valence-electron chi connectivity index (χ0n) is 46.4. The fraction of sp³-hybridized carbons (Fsp3) is 0.421. The monoisotopic (exact) mass is 1110 g/mol. The molecule has 1 heterocycles. The standard InChI is InChI=1S/C57H75N7O16/c1-10-22-78-55(71)62-45-30-49(47(75-9)28-43(45)54(70)64-32-37(6)26-41(64)33-66)77-25-14-12-13-24-76-48-29-44(42(27-46(48)74-8)52(68)58-31-36(5)16-15-21-65)61-56(72)80-34-39-17-19-40(20-18-39)60-51(67)38(7)59-53(69)50(35(3)4)63-57(73)79-23-11-2/h10-11,17-20,27-32,35,38,41,50,65-66H,1-2,12-16,21-26,33-34H2,3-9H3,(H,58,68)(H,59,69)(H,60,67)(H,61,72)(H,62,71)(H,63,73)/b36-31-/t38-,41+,50-/m1/s1. The second-order valence-corrected chi connectivity index (χ2v) is 18.8. The molecule has 4 rings (SSSR count). The predicted molar refractivity (Wildman–Crippen MR) is 299 cm³/mol. The maximum atomic E-state index is 13.8. The Kier molecular flexibility index (Phi) is 26.4. The third-order valence-corrected chi connectivity index (χ3v) is 12.0. The number of alkyl carbamates (subject to hydrolysis) is 1. The molecule has 23 heteroatoms. The highest BCUT2D eigenvalue weighted by Crippen LogP contribution is 2.37. The van der Waals surface area contributed by atoms with Crippen LogP contribution < -0.4 is 50.8 Å². The van der Waals surface area contributed by atoms with Crippen molar-refractivity contribution in [3.05, 3.63) is 114 Å². The van der Waals surface area contributed by atoms with E-state index in [0.29, 0.717) is 49.8 Å². The Hall–Kier alpha value is -8.57. The zero-order valence-corrected chi connectivity index (χ0v) is 46.4.